The molecule has 8 N–H and O–H groups in total. The van der Waals surface area contributed by atoms with E-state index in [0.29, 0.717) is 0 Å². The van der Waals surface area contributed by atoms with E-state index in [4.69, 9.17) is 9.47 Å². The Morgan fingerprint density at radius 2 is 1.46 bits per heavy atom. The molecular weight excluding hydrogens is 470 g/mol. The summed E-state index contributed by atoms with van der Waals surface area (Å²) >= 11 is 0. The summed E-state index contributed by atoms with van der Waals surface area (Å²) in [5, 5.41) is 41.7. The van der Waals surface area contributed by atoms with Crippen molar-refractivity contribution < 1.29 is 48.8 Å². The van der Waals surface area contributed by atoms with Crippen LogP contribution in [-0.2, 0) is 33.4 Å². The summed E-state index contributed by atoms with van der Waals surface area (Å²) in [4.78, 5) is 59.7. The van der Waals surface area contributed by atoms with Gasteiger partial charge in [0.15, 0.2) is 6.29 Å². The lowest BCUT2D eigenvalue weighted by molar-refractivity contribution is -0.271. The maximum absolute atomic E-state index is 12.7. The largest absolute Gasteiger partial charge is 0.394 e. The third kappa shape index (κ3) is 9.03. The zero-order valence-corrected chi connectivity index (χ0v) is 20.2. The van der Waals surface area contributed by atoms with Crippen molar-refractivity contribution in [2.45, 2.75) is 76.5 Å². The van der Waals surface area contributed by atoms with E-state index >= 15 is 0 Å². The third-order valence-electron chi connectivity index (χ3n) is 5.12. The van der Waals surface area contributed by atoms with Crippen molar-refractivity contribution in [3.63, 3.8) is 0 Å². The predicted octanol–water partition coefficient (Wildman–Crippen LogP) is -4.79. The molecule has 0 radical (unpaired) electrons. The van der Waals surface area contributed by atoms with Gasteiger partial charge in [0.05, 0.1) is 13.2 Å². The number of amides is 5. The maximum Gasteiger partial charge on any atom is 0.245 e. The molecule has 0 saturated carbocycles. The normalized spacial score (nSPS) is 26.5. The van der Waals surface area contributed by atoms with Gasteiger partial charge in [-0.05, 0) is 13.8 Å². The first-order chi connectivity index (χ1) is 16.3. The molecule has 0 aliphatic carbocycles. The summed E-state index contributed by atoms with van der Waals surface area (Å²) in [5.41, 5.74) is 0. The topological polar surface area (TPSA) is 225 Å². The highest BCUT2D eigenvalue weighted by atomic mass is 16.7. The highest BCUT2D eigenvalue weighted by Crippen LogP contribution is 2.22. The summed E-state index contributed by atoms with van der Waals surface area (Å²) in [6.07, 6.45) is -5.72. The van der Waals surface area contributed by atoms with Gasteiger partial charge in [0.2, 0.25) is 29.5 Å². The van der Waals surface area contributed by atoms with E-state index in [1.807, 2.05) is 0 Å². The van der Waals surface area contributed by atoms with Gasteiger partial charge in [0, 0.05) is 20.9 Å². The van der Waals surface area contributed by atoms with Crippen molar-refractivity contribution >= 4 is 29.5 Å². The van der Waals surface area contributed by atoms with Gasteiger partial charge in [0.25, 0.3) is 0 Å². The van der Waals surface area contributed by atoms with E-state index in [0.717, 1.165) is 6.92 Å². The summed E-state index contributed by atoms with van der Waals surface area (Å²) in [7, 11) is 1.41. The number of likely N-dealkylation sites (N-methyl/N-ethyl adjacent to an activating group) is 1. The second-order valence-corrected chi connectivity index (χ2v) is 8.09. The van der Waals surface area contributed by atoms with Crippen LogP contribution in [0.2, 0.25) is 0 Å². The molecule has 0 aromatic rings. The lowest BCUT2D eigenvalue weighted by Gasteiger charge is -2.42. The van der Waals surface area contributed by atoms with Crippen LogP contribution in [0.15, 0.2) is 0 Å². The number of aliphatic hydroxyl groups is 3. The monoisotopic (exact) mass is 505 g/mol. The van der Waals surface area contributed by atoms with Gasteiger partial charge < -0.3 is 51.4 Å². The zero-order chi connectivity index (χ0) is 26.9. The molecule has 1 saturated heterocycles. The van der Waals surface area contributed by atoms with Crippen molar-refractivity contribution in [3.05, 3.63) is 0 Å². The Bertz CT molecular complexity index is 781. The minimum absolute atomic E-state index is 0.434. The van der Waals surface area contributed by atoms with Gasteiger partial charge in [-0.3, -0.25) is 24.0 Å². The Morgan fingerprint density at radius 3 is 1.97 bits per heavy atom. The first-order valence-electron chi connectivity index (χ1n) is 10.9. The maximum atomic E-state index is 12.7. The molecule has 5 amide bonds. The molecule has 1 rings (SSSR count). The van der Waals surface area contributed by atoms with Crippen molar-refractivity contribution in [2.24, 2.45) is 0 Å². The highest BCUT2D eigenvalue weighted by molar-refractivity contribution is 5.93. The number of rotatable bonds is 11. The Kier molecular flexibility index (Phi) is 12.0. The van der Waals surface area contributed by atoms with Crippen molar-refractivity contribution in [3.8, 4) is 0 Å². The quantitative estimate of drug-likeness (QED) is 0.134. The van der Waals surface area contributed by atoms with Crippen LogP contribution in [0.1, 0.15) is 27.7 Å². The third-order valence-corrected chi connectivity index (χ3v) is 5.12. The molecule has 0 aromatic carbocycles. The fourth-order valence-electron chi connectivity index (χ4n) is 3.23. The van der Waals surface area contributed by atoms with Gasteiger partial charge in [0.1, 0.15) is 42.5 Å². The fourth-order valence-corrected chi connectivity index (χ4v) is 3.23. The molecule has 1 aliphatic rings. The average Bonchev–Trinajstić information content (AvgIpc) is 2.79. The summed E-state index contributed by atoms with van der Waals surface area (Å²) in [5.74, 6) is -3.05. The van der Waals surface area contributed by atoms with Crippen molar-refractivity contribution in [1.82, 2.24) is 26.6 Å². The highest BCUT2D eigenvalue weighted by Gasteiger charge is 2.45. The number of hydrogen-bond acceptors (Lipinski definition) is 10. The van der Waals surface area contributed by atoms with E-state index in [1.54, 1.807) is 0 Å². The molecule has 0 spiro atoms. The van der Waals surface area contributed by atoms with Crippen LogP contribution in [0.5, 0.6) is 0 Å². The van der Waals surface area contributed by atoms with E-state index in [9.17, 15) is 39.3 Å². The summed E-state index contributed by atoms with van der Waals surface area (Å²) in [6.45, 7) is 3.97. The predicted molar refractivity (Wildman–Crippen MR) is 118 cm³/mol. The van der Waals surface area contributed by atoms with Gasteiger partial charge in [-0.1, -0.05) is 0 Å². The minimum Gasteiger partial charge on any atom is -0.394 e. The van der Waals surface area contributed by atoms with E-state index < -0.39 is 91.5 Å². The van der Waals surface area contributed by atoms with Gasteiger partial charge >= 0.3 is 0 Å². The molecule has 1 heterocycles. The molecule has 0 unspecified atom stereocenters. The van der Waals surface area contributed by atoms with Crippen LogP contribution in [0.4, 0.5) is 0 Å². The summed E-state index contributed by atoms with van der Waals surface area (Å²) < 4.78 is 11.0. The average molecular weight is 506 g/mol. The zero-order valence-electron chi connectivity index (χ0n) is 20.2. The van der Waals surface area contributed by atoms with Gasteiger partial charge in [-0.15, -0.1) is 0 Å². The Hall–Kier alpha value is -2.85. The first kappa shape index (κ1) is 30.2. The lowest BCUT2D eigenvalue weighted by atomic mass is 9.97. The van der Waals surface area contributed by atoms with Crippen molar-refractivity contribution in [2.75, 3.05) is 20.3 Å². The molecule has 200 valence electrons. The second kappa shape index (κ2) is 13.9. The van der Waals surface area contributed by atoms with E-state index in [1.165, 1.54) is 27.8 Å². The number of aliphatic hydroxyl groups excluding tert-OH is 3. The number of nitrogens with one attached hydrogen (secondary N) is 5. The first-order valence-corrected chi connectivity index (χ1v) is 10.9. The lowest BCUT2D eigenvalue weighted by Crippen LogP contribution is -2.65. The minimum atomic E-state index is -1.56. The molecule has 1 fully saturated rings. The molecule has 1 aliphatic heterocycles. The fraction of sp³-hybridized carbons (Fsp3) is 0.750. The molecule has 0 bridgehead atoms. The standard InChI is InChI=1S/C20H35N5O10/c1-8(17(31)21-5)22-18(32)9(2)23-19(33)12(24-10(3)27)7-34-20-14(25-11(4)28)16(30)15(29)13(6-26)35-20/h8-9,12-16,20,26,29-30H,6-7H2,1-5H3,(H,21,31)(H,22,32)(H,23,33)(H,24,27)(H,25,28)/t8-,9-,12-,13+,14+,15-,16+,20-/m0/s1. The van der Waals surface area contributed by atoms with E-state index in [-0.39, 0.29) is 0 Å². The van der Waals surface area contributed by atoms with Crippen LogP contribution in [-0.4, -0.2) is 114 Å². The number of hydrogen-bond donors (Lipinski definition) is 8. The molecule has 15 nitrogen and oxygen atoms in total. The van der Waals surface area contributed by atoms with Gasteiger partial charge in [-0.2, -0.15) is 0 Å². The van der Waals surface area contributed by atoms with Gasteiger partial charge in [-0.25, -0.2) is 0 Å². The second-order valence-electron chi connectivity index (χ2n) is 8.09. The van der Waals surface area contributed by atoms with Crippen LogP contribution in [0.25, 0.3) is 0 Å². The number of carbonyl (C=O) groups excluding carboxylic acids is 5. The SMILES string of the molecule is CNC(=O)[C@H](C)NC(=O)[C@H](C)NC(=O)[C@H](CO[C@H]1O[C@H](CO)[C@H](O)[C@H](O)[C@H]1NC(C)=O)NC(C)=O. The Morgan fingerprint density at radius 1 is 0.886 bits per heavy atom. The van der Waals surface area contributed by atoms with Crippen LogP contribution in [0.3, 0.4) is 0 Å². The number of ether oxygens (including phenoxy) is 2. The molecular formula is C20H35N5O10. The van der Waals surface area contributed by atoms with Crippen LogP contribution in [0, 0.1) is 0 Å². The Balaban J connectivity index is 2.89. The Labute approximate surface area is 202 Å². The van der Waals surface area contributed by atoms with Crippen molar-refractivity contribution in [1.29, 1.82) is 0 Å². The molecule has 0 aromatic heterocycles. The van der Waals surface area contributed by atoms with E-state index in [2.05, 4.69) is 26.6 Å². The summed E-state index contributed by atoms with van der Waals surface area (Å²) in [6, 6.07) is -4.50. The molecule has 8 atom stereocenters. The smallest absolute Gasteiger partial charge is 0.245 e. The number of carbonyl (C=O) groups is 5. The molecule has 15 heteroatoms. The van der Waals surface area contributed by atoms with Crippen LogP contribution < -0.4 is 26.6 Å². The molecule has 35 heavy (non-hydrogen) atoms. The van der Waals surface area contributed by atoms with Crippen LogP contribution >= 0.6 is 0 Å².